The summed E-state index contributed by atoms with van der Waals surface area (Å²) in [5.41, 5.74) is 1.79. The molecule has 0 unspecified atom stereocenters. The van der Waals surface area contributed by atoms with Crippen LogP contribution in [0.2, 0.25) is 0 Å². The van der Waals surface area contributed by atoms with Crippen molar-refractivity contribution in [3.8, 4) is 22.8 Å². The van der Waals surface area contributed by atoms with Crippen LogP contribution in [0.3, 0.4) is 0 Å². The van der Waals surface area contributed by atoms with Gasteiger partial charge in [-0.05, 0) is 49.4 Å². The molecule has 0 atom stereocenters. The summed E-state index contributed by atoms with van der Waals surface area (Å²) in [6, 6.07) is 19.3. The zero-order valence-corrected chi connectivity index (χ0v) is 19.2. The highest BCUT2D eigenvalue weighted by molar-refractivity contribution is 5.81. The molecular formula is C26H28N4O4. The van der Waals surface area contributed by atoms with Gasteiger partial charge in [0.25, 0.3) is 0 Å². The number of rotatable bonds is 8. The van der Waals surface area contributed by atoms with Crippen LogP contribution in [-0.4, -0.2) is 59.5 Å². The number of piperazine rings is 1. The molecule has 0 aliphatic carbocycles. The van der Waals surface area contributed by atoms with Gasteiger partial charge in [0, 0.05) is 44.4 Å². The molecule has 8 heteroatoms. The summed E-state index contributed by atoms with van der Waals surface area (Å²) in [5.74, 6) is 1.83. The zero-order chi connectivity index (χ0) is 23.8. The highest BCUT2D eigenvalue weighted by Crippen LogP contribution is 2.25. The number of anilines is 1. The van der Waals surface area contributed by atoms with Crippen molar-refractivity contribution >= 4 is 17.8 Å². The van der Waals surface area contributed by atoms with E-state index in [1.807, 2.05) is 60.7 Å². The normalized spacial score (nSPS) is 13.4. The van der Waals surface area contributed by atoms with Crippen LogP contribution in [0.4, 0.5) is 5.95 Å². The Kier molecular flexibility index (Phi) is 7.70. The first-order chi connectivity index (χ1) is 16.6. The lowest BCUT2D eigenvalue weighted by Crippen LogP contribution is -2.49. The second-order valence-corrected chi connectivity index (χ2v) is 7.85. The summed E-state index contributed by atoms with van der Waals surface area (Å²) in [5, 5.41) is 0. The molecule has 2 heterocycles. The van der Waals surface area contributed by atoms with Gasteiger partial charge < -0.3 is 19.3 Å². The maximum atomic E-state index is 12.4. The number of ether oxygens (including phenoxy) is 2. The van der Waals surface area contributed by atoms with E-state index in [9.17, 15) is 9.59 Å². The van der Waals surface area contributed by atoms with Crippen LogP contribution >= 0.6 is 0 Å². The van der Waals surface area contributed by atoms with Crippen molar-refractivity contribution in [1.29, 1.82) is 0 Å². The predicted octanol–water partition coefficient (Wildman–Crippen LogP) is 3.93. The van der Waals surface area contributed by atoms with E-state index in [1.165, 1.54) is 0 Å². The monoisotopic (exact) mass is 460 g/mol. The third kappa shape index (κ3) is 6.10. The van der Waals surface area contributed by atoms with Crippen LogP contribution in [0.15, 0.2) is 66.9 Å². The first-order valence-electron chi connectivity index (χ1n) is 11.5. The van der Waals surface area contributed by atoms with Crippen molar-refractivity contribution in [3.05, 3.63) is 66.9 Å². The van der Waals surface area contributed by atoms with Crippen LogP contribution in [-0.2, 0) is 14.3 Å². The Bertz CT molecular complexity index is 1100. The van der Waals surface area contributed by atoms with Gasteiger partial charge in [0.1, 0.15) is 11.5 Å². The number of nitrogens with zero attached hydrogens (tertiary/aromatic N) is 4. The molecule has 1 fully saturated rings. The average molecular weight is 461 g/mol. The number of carbonyl (C=O) groups is 2. The molecular weight excluding hydrogens is 432 g/mol. The Morgan fingerprint density at radius 1 is 0.882 bits per heavy atom. The highest BCUT2D eigenvalue weighted by atomic mass is 16.5. The summed E-state index contributed by atoms with van der Waals surface area (Å²) >= 11 is 0. The first kappa shape index (κ1) is 23.2. The van der Waals surface area contributed by atoms with Crippen LogP contribution in [0.25, 0.3) is 11.3 Å². The second-order valence-electron chi connectivity index (χ2n) is 7.85. The molecule has 34 heavy (non-hydrogen) atoms. The van der Waals surface area contributed by atoms with Gasteiger partial charge >= 0.3 is 5.97 Å². The number of para-hydroxylation sites is 1. The molecule has 1 amide bonds. The van der Waals surface area contributed by atoms with E-state index < -0.39 is 0 Å². The van der Waals surface area contributed by atoms with Crippen molar-refractivity contribution < 1.29 is 19.1 Å². The molecule has 0 spiro atoms. The number of carbonyl (C=O) groups excluding carboxylic acids is 2. The van der Waals surface area contributed by atoms with Crippen LogP contribution in [0.5, 0.6) is 11.5 Å². The minimum atomic E-state index is -0.334. The predicted molar refractivity (Wildman–Crippen MR) is 129 cm³/mol. The molecule has 1 aliphatic heterocycles. The van der Waals surface area contributed by atoms with Gasteiger partial charge in [-0.3, -0.25) is 9.59 Å². The van der Waals surface area contributed by atoms with E-state index in [1.54, 1.807) is 18.0 Å². The molecule has 1 aromatic heterocycles. The molecule has 0 bridgehead atoms. The zero-order valence-electron chi connectivity index (χ0n) is 19.2. The Hall–Kier alpha value is -3.94. The third-order valence-electron chi connectivity index (χ3n) is 5.54. The van der Waals surface area contributed by atoms with Gasteiger partial charge in [0.05, 0.1) is 18.7 Å². The summed E-state index contributed by atoms with van der Waals surface area (Å²) < 4.78 is 10.8. The van der Waals surface area contributed by atoms with E-state index in [4.69, 9.17) is 14.5 Å². The molecule has 176 valence electrons. The smallest absolute Gasteiger partial charge is 0.306 e. The molecule has 4 rings (SSSR count). The lowest BCUT2D eigenvalue weighted by atomic mass is 10.1. The fraction of sp³-hybridized carbons (Fsp3) is 0.308. The van der Waals surface area contributed by atoms with Gasteiger partial charge in [-0.1, -0.05) is 18.2 Å². The second kappa shape index (κ2) is 11.3. The summed E-state index contributed by atoms with van der Waals surface area (Å²) in [6.45, 7) is 4.50. The maximum Gasteiger partial charge on any atom is 0.306 e. The highest BCUT2D eigenvalue weighted by Gasteiger charge is 2.23. The average Bonchev–Trinajstić information content (AvgIpc) is 2.89. The summed E-state index contributed by atoms with van der Waals surface area (Å²) in [7, 11) is 0. The number of hydrogen-bond donors (Lipinski definition) is 0. The van der Waals surface area contributed by atoms with Gasteiger partial charge in [0.2, 0.25) is 11.9 Å². The minimum Gasteiger partial charge on any atom is -0.466 e. The van der Waals surface area contributed by atoms with Crippen molar-refractivity contribution in [2.75, 3.05) is 37.7 Å². The van der Waals surface area contributed by atoms with E-state index in [0.29, 0.717) is 38.7 Å². The Morgan fingerprint density at radius 3 is 2.29 bits per heavy atom. The van der Waals surface area contributed by atoms with Gasteiger partial charge in [-0.2, -0.15) is 0 Å². The fourth-order valence-electron chi connectivity index (χ4n) is 3.74. The standard InChI is InChI=1S/C26H28N4O4/c1-2-33-25(32)13-12-24(31)29-16-18-30(19-17-29)26-27-15-14-23(28-26)20-8-10-22(11-9-20)34-21-6-4-3-5-7-21/h3-11,14-15H,2,12-13,16-19H2,1H3. The van der Waals surface area contributed by atoms with E-state index >= 15 is 0 Å². The number of amides is 1. The molecule has 1 aliphatic rings. The lowest BCUT2D eigenvalue weighted by molar-refractivity contribution is -0.145. The molecule has 0 saturated carbocycles. The summed E-state index contributed by atoms with van der Waals surface area (Å²) in [4.78, 5) is 36.9. The van der Waals surface area contributed by atoms with Crippen LogP contribution < -0.4 is 9.64 Å². The van der Waals surface area contributed by atoms with Gasteiger partial charge in [-0.25, -0.2) is 9.97 Å². The number of benzene rings is 2. The maximum absolute atomic E-state index is 12.4. The summed E-state index contributed by atoms with van der Waals surface area (Å²) in [6.07, 6.45) is 2.05. The topological polar surface area (TPSA) is 84.9 Å². The van der Waals surface area contributed by atoms with Crippen LogP contribution in [0.1, 0.15) is 19.8 Å². The van der Waals surface area contributed by atoms with E-state index in [0.717, 1.165) is 22.8 Å². The molecule has 0 radical (unpaired) electrons. The molecule has 1 saturated heterocycles. The van der Waals surface area contributed by atoms with Crippen molar-refractivity contribution in [1.82, 2.24) is 14.9 Å². The van der Waals surface area contributed by atoms with Crippen molar-refractivity contribution in [3.63, 3.8) is 0 Å². The quantitative estimate of drug-likeness (QED) is 0.471. The van der Waals surface area contributed by atoms with Crippen molar-refractivity contribution in [2.45, 2.75) is 19.8 Å². The fourth-order valence-corrected chi connectivity index (χ4v) is 3.74. The van der Waals surface area contributed by atoms with Crippen LogP contribution in [0, 0.1) is 0 Å². The van der Waals surface area contributed by atoms with Gasteiger partial charge in [-0.15, -0.1) is 0 Å². The SMILES string of the molecule is CCOC(=O)CCC(=O)N1CCN(c2nccc(-c3ccc(Oc4ccccc4)cc3)n2)CC1. The Labute approximate surface area is 199 Å². The number of aromatic nitrogens is 2. The largest absolute Gasteiger partial charge is 0.466 e. The minimum absolute atomic E-state index is 0.0276. The molecule has 3 aromatic rings. The Balaban J connectivity index is 1.33. The number of hydrogen-bond acceptors (Lipinski definition) is 7. The van der Waals surface area contributed by atoms with Crippen molar-refractivity contribution in [2.24, 2.45) is 0 Å². The first-order valence-corrected chi connectivity index (χ1v) is 11.5. The van der Waals surface area contributed by atoms with E-state index in [2.05, 4.69) is 9.88 Å². The van der Waals surface area contributed by atoms with E-state index in [-0.39, 0.29) is 24.7 Å². The number of esters is 1. The molecule has 2 aromatic carbocycles. The van der Waals surface area contributed by atoms with Gasteiger partial charge in [0.15, 0.2) is 0 Å². The Morgan fingerprint density at radius 2 is 1.59 bits per heavy atom. The molecule has 0 N–H and O–H groups in total. The lowest BCUT2D eigenvalue weighted by Gasteiger charge is -2.34. The third-order valence-corrected chi connectivity index (χ3v) is 5.54. The molecule has 8 nitrogen and oxygen atoms in total.